The molecule has 2 aromatic rings. The number of piperidine rings is 1. The molecule has 1 saturated heterocycles. The lowest BCUT2D eigenvalue weighted by Crippen LogP contribution is -2.49. The van der Waals surface area contributed by atoms with Crippen LogP contribution in [-0.2, 0) is 4.79 Å². The Kier molecular flexibility index (Phi) is 5.78. The third kappa shape index (κ3) is 3.91. The molecule has 1 fully saturated rings. The first-order valence-corrected chi connectivity index (χ1v) is 9.37. The summed E-state index contributed by atoms with van der Waals surface area (Å²) in [6.45, 7) is 2.29. The van der Waals surface area contributed by atoms with Crippen molar-refractivity contribution in [3.05, 3.63) is 65.7 Å². The molecule has 1 N–H and O–H groups in total. The maximum Gasteiger partial charge on any atom is 0.308 e. The first kappa shape index (κ1) is 19.6. The number of hydrogen-bond donors (Lipinski definition) is 1. The van der Waals surface area contributed by atoms with Crippen molar-refractivity contribution in [2.45, 2.75) is 25.8 Å². The molecular weight excluding hydrogens is 356 g/mol. The van der Waals surface area contributed by atoms with E-state index in [9.17, 15) is 19.5 Å². The predicted molar refractivity (Wildman–Crippen MR) is 106 cm³/mol. The highest BCUT2D eigenvalue weighted by atomic mass is 16.4. The summed E-state index contributed by atoms with van der Waals surface area (Å²) in [5.41, 5.74) is 1.57. The molecule has 2 atom stereocenters. The summed E-state index contributed by atoms with van der Waals surface area (Å²) in [7, 11) is 1.69. The summed E-state index contributed by atoms with van der Waals surface area (Å²) in [5.74, 6) is -1.89. The monoisotopic (exact) mass is 380 g/mol. The molecule has 1 heterocycles. The molecule has 146 valence electrons. The zero-order valence-corrected chi connectivity index (χ0v) is 16.0. The molecule has 28 heavy (non-hydrogen) atoms. The number of hydrogen-bond acceptors (Lipinski definition) is 3. The van der Waals surface area contributed by atoms with E-state index < -0.39 is 11.9 Å². The van der Waals surface area contributed by atoms with Gasteiger partial charge in [-0.25, -0.2) is 0 Å². The number of carboxylic acids is 1. The number of aliphatic carboxylic acids is 1. The molecule has 1 aliphatic rings. The van der Waals surface area contributed by atoms with Crippen LogP contribution in [0, 0.1) is 5.92 Å². The van der Waals surface area contributed by atoms with Gasteiger partial charge >= 0.3 is 5.97 Å². The standard InChI is InChI=1S/C22H24N2O4/c1-15-19(22(27)28)12-7-13-24(15)21(26)17-9-6-8-16(14-17)20(25)23(2)18-10-4-3-5-11-18/h3-6,8-11,14-15,19H,7,12-13H2,1-2H3,(H,27,28)/t15-,19-/m1/s1. The van der Waals surface area contributed by atoms with E-state index in [0.717, 1.165) is 5.69 Å². The molecule has 0 aromatic heterocycles. The van der Waals surface area contributed by atoms with Crippen LogP contribution < -0.4 is 4.90 Å². The molecule has 0 saturated carbocycles. The molecule has 6 nitrogen and oxygen atoms in total. The zero-order chi connectivity index (χ0) is 20.3. The molecule has 2 amide bonds. The highest BCUT2D eigenvalue weighted by molar-refractivity contribution is 6.07. The molecule has 0 bridgehead atoms. The quantitative estimate of drug-likeness (QED) is 0.883. The van der Waals surface area contributed by atoms with Gasteiger partial charge in [-0.1, -0.05) is 24.3 Å². The van der Waals surface area contributed by atoms with Crippen LogP contribution in [0.15, 0.2) is 54.6 Å². The molecule has 3 rings (SSSR count). The van der Waals surface area contributed by atoms with Crippen LogP contribution in [0.1, 0.15) is 40.5 Å². The lowest BCUT2D eigenvalue weighted by atomic mass is 9.89. The van der Waals surface area contributed by atoms with E-state index in [4.69, 9.17) is 0 Å². The van der Waals surface area contributed by atoms with E-state index >= 15 is 0 Å². The summed E-state index contributed by atoms with van der Waals surface area (Å²) < 4.78 is 0. The summed E-state index contributed by atoms with van der Waals surface area (Å²) in [6.07, 6.45) is 1.23. The highest BCUT2D eigenvalue weighted by Crippen LogP contribution is 2.26. The third-order valence-corrected chi connectivity index (χ3v) is 5.37. The Morgan fingerprint density at radius 3 is 2.39 bits per heavy atom. The Morgan fingerprint density at radius 2 is 1.71 bits per heavy atom. The SMILES string of the molecule is C[C@@H]1[C@H](C(=O)O)CCCN1C(=O)c1cccc(C(=O)N(C)c2ccccc2)c1. The number of carboxylic acid groups (broad SMARTS) is 1. The van der Waals surface area contributed by atoms with Crippen molar-refractivity contribution in [3.63, 3.8) is 0 Å². The highest BCUT2D eigenvalue weighted by Gasteiger charge is 2.35. The van der Waals surface area contributed by atoms with Crippen LogP contribution in [0.2, 0.25) is 0 Å². The number of nitrogens with zero attached hydrogens (tertiary/aromatic N) is 2. The van der Waals surface area contributed by atoms with Gasteiger partial charge < -0.3 is 14.9 Å². The van der Waals surface area contributed by atoms with Crippen molar-refractivity contribution in [2.24, 2.45) is 5.92 Å². The fourth-order valence-corrected chi connectivity index (χ4v) is 3.67. The maximum absolute atomic E-state index is 13.0. The van der Waals surface area contributed by atoms with Gasteiger partial charge in [-0.15, -0.1) is 0 Å². The number of amides is 2. The van der Waals surface area contributed by atoms with E-state index in [0.29, 0.717) is 30.5 Å². The number of para-hydroxylation sites is 1. The second-order valence-electron chi connectivity index (χ2n) is 7.11. The van der Waals surface area contributed by atoms with Gasteiger partial charge in [0, 0.05) is 36.4 Å². The predicted octanol–water partition coefficient (Wildman–Crippen LogP) is 3.29. The Hall–Kier alpha value is -3.15. The van der Waals surface area contributed by atoms with E-state index in [2.05, 4.69) is 0 Å². The minimum Gasteiger partial charge on any atom is -0.481 e. The average molecular weight is 380 g/mol. The van der Waals surface area contributed by atoms with Crippen LogP contribution in [0.25, 0.3) is 0 Å². The third-order valence-electron chi connectivity index (χ3n) is 5.37. The Balaban J connectivity index is 1.82. The van der Waals surface area contributed by atoms with Crippen molar-refractivity contribution in [1.29, 1.82) is 0 Å². The van der Waals surface area contributed by atoms with Crippen molar-refractivity contribution in [1.82, 2.24) is 4.90 Å². The van der Waals surface area contributed by atoms with Crippen LogP contribution >= 0.6 is 0 Å². The van der Waals surface area contributed by atoms with E-state index in [-0.39, 0.29) is 17.9 Å². The van der Waals surface area contributed by atoms with Gasteiger partial charge in [0.15, 0.2) is 0 Å². The lowest BCUT2D eigenvalue weighted by Gasteiger charge is -2.37. The number of carbonyl (C=O) groups is 3. The fraction of sp³-hybridized carbons (Fsp3) is 0.318. The molecule has 2 aromatic carbocycles. The first-order valence-electron chi connectivity index (χ1n) is 9.37. The summed E-state index contributed by atoms with van der Waals surface area (Å²) in [5, 5.41) is 9.38. The van der Waals surface area contributed by atoms with Gasteiger partial charge in [-0.05, 0) is 50.1 Å². The number of carbonyl (C=O) groups excluding carboxylic acids is 2. The largest absolute Gasteiger partial charge is 0.481 e. The van der Waals surface area contributed by atoms with Crippen molar-refractivity contribution < 1.29 is 19.5 Å². The van der Waals surface area contributed by atoms with Gasteiger partial charge in [-0.2, -0.15) is 0 Å². The number of rotatable bonds is 4. The van der Waals surface area contributed by atoms with Crippen LogP contribution in [0.4, 0.5) is 5.69 Å². The normalized spacial score (nSPS) is 19.1. The Labute approximate surface area is 164 Å². The molecule has 0 spiro atoms. The second kappa shape index (κ2) is 8.25. The number of benzene rings is 2. The summed E-state index contributed by atoms with van der Waals surface area (Å²) in [4.78, 5) is 40.4. The van der Waals surface area contributed by atoms with Crippen molar-refractivity contribution in [2.75, 3.05) is 18.5 Å². The second-order valence-corrected chi connectivity index (χ2v) is 7.11. The molecule has 6 heteroatoms. The average Bonchev–Trinajstić information content (AvgIpc) is 2.73. The topological polar surface area (TPSA) is 77.9 Å². The maximum atomic E-state index is 13.0. The Morgan fingerprint density at radius 1 is 1.04 bits per heavy atom. The lowest BCUT2D eigenvalue weighted by molar-refractivity contribution is -0.144. The molecule has 0 radical (unpaired) electrons. The van der Waals surface area contributed by atoms with E-state index in [1.807, 2.05) is 30.3 Å². The van der Waals surface area contributed by atoms with Gasteiger partial charge in [0.05, 0.1) is 5.92 Å². The summed E-state index contributed by atoms with van der Waals surface area (Å²) in [6, 6.07) is 15.5. The van der Waals surface area contributed by atoms with Crippen LogP contribution in [0.3, 0.4) is 0 Å². The summed E-state index contributed by atoms with van der Waals surface area (Å²) >= 11 is 0. The minimum absolute atomic E-state index is 0.212. The number of anilines is 1. The van der Waals surface area contributed by atoms with Crippen molar-refractivity contribution in [3.8, 4) is 0 Å². The van der Waals surface area contributed by atoms with Crippen LogP contribution in [0.5, 0.6) is 0 Å². The minimum atomic E-state index is -0.876. The van der Waals surface area contributed by atoms with Gasteiger partial charge in [0.2, 0.25) is 0 Å². The molecular formula is C22H24N2O4. The van der Waals surface area contributed by atoms with E-state index in [1.165, 1.54) is 4.90 Å². The molecule has 1 aliphatic heterocycles. The smallest absolute Gasteiger partial charge is 0.308 e. The fourth-order valence-electron chi connectivity index (χ4n) is 3.67. The van der Waals surface area contributed by atoms with Crippen molar-refractivity contribution >= 4 is 23.5 Å². The Bertz CT molecular complexity index is 881. The first-order chi connectivity index (χ1) is 13.4. The van der Waals surface area contributed by atoms with Gasteiger partial charge in [-0.3, -0.25) is 14.4 Å². The van der Waals surface area contributed by atoms with Gasteiger partial charge in [0.25, 0.3) is 11.8 Å². The number of likely N-dealkylation sites (tertiary alicyclic amines) is 1. The van der Waals surface area contributed by atoms with E-state index in [1.54, 1.807) is 43.1 Å². The van der Waals surface area contributed by atoms with Crippen LogP contribution in [-0.4, -0.2) is 47.4 Å². The molecule has 0 aliphatic carbocycles. The molecule has 0 unspecified atom stereocenters. The van der Waals surface area contributed by atoms with Gasteiger partial charge in [0.1, 0.15) is 0 Å². The zero-order valence-electron chi connectivity index (χ0n) is 16.0.